The molecule has 3 rings (SSSR count). The molecule has 132 valence electrons. The molecule has 26 heavy (non-hydrogen) atoms. The maximum absolute atomic E-state index is 12.1. The number of benzene rings is 2. The normalized spacial score (nSPS) is 10.5. The summed E-state index contributed by atoms with van der Waals surface area (Å²) in [7, 11) is 0. The second kappa shape index (κ2) is 7.79. The van der Waals surface area contributed by atoms with Crippen LogP contribution < -0.4 is 5.32 Å². The predicted octanol–water partition coefficient (Wildman–Crippen LogP) is 3.55. The number of aromatic nitrogens is 2. The lowest BCUT2D eigenvalue weighted by molar-refractivity contribution is -0.384. The first-order valence-corrected chi connectivity index (χ1v) is 8.79. The highest BCUT2D eigenvalue weighted by Crippen LogP contribution is 2.24. The molecule has 9 heteroatoms. The summed E-state index contributed by atoms with van der Waals surface area (Å²) >= 11 is 1.60. The first-order valence-electron chi connectivity index (χ1n) is 7.56. The van der Waals surface area contributed by atoms with Crippen molar-refractivity contribution in [1.29, 1.82) is 0 Å². The Hall–Kier alpha value is -3.20. The van der Waals surface area contributed by atoms with Crippen LogP contribution in [0, 0.1) is 10.1 Å². The minimum atomic E-state index is -0.490. The number of carbonyl (C=O) groups excluding carboxylic acids is 1. The zero-order valence-electron chi connectivity index (χ0n) is 13.7. The maximum atomic E-state index is 12.1. The third-order valence-corrected chi connectivity index (χ3v) is 4.23. The Kier molecular flexibility index (Phi) is 5.28. The summed E-state index contributed by atoms with van der Waals surface area (Å²) in [5, 5.41) is 20.9. The molecule has 0 aliphatic heterocycles. The van der Waals surface area contributed by atoms with Crippen molar-refractivity contribution in [3.63, 3.8) is 0 Å². The van der Waals surface area contributed by atoms with E-state index >= 15 is 0 Å². The molecular formula is C17H14N4O4S. The topological polar surface area (TPSA) is 111 Å². The maximum Gasteiger partial charge on any atom is 0.322 e. The largest absolute Gasteiger partial charge is 0.403 e. The molecule has 0 fully saturated rings. The molecule has 1 aromatic heterocycles. The van der Waals surface area contributed by atoms with Crippen molar-refractivity contribution in [3.8, 4) is 11.5 Å². The highest BCUT2D eigenvalue weighted by molar-refractivity contribution is 7.98. The molecule has 1 amide bonds. The molecular weight excluding hydrogens is 356 g/mol. The minimum absolute atomic E-state index is 0.00136. The number of hydrogen-bond donors (Lipinski definition) is 1. The number of nitrogens with one attached hydrogen (secondary N) is 1. The highest BCUT2D eigenvalue weighted by atomic mass is 32.2. The first kappa shape index (κ1) is 17.6. The summed E-state index contributed by atoms with van der Waals surface area (Å²) in [6, 6.07) is 13.4. The van der Waals surface area contributed by atoms with Gasteiger partial charge in [0.2, 0.25) is 11.8 Å². The number of thioether (sulfide) groups is 1. The number of hydrogen-bond acceptors (Lipinski definition) is 7. The molecule has 0 aliphatic carbocycles. The van der Waals surface area contributed by atoms with E-state index in [1.807, 2.05) is 30.5 Å². The Balaban J connectivity index is 1.64. The summed E-state index contributed by atoms with van der Waals surface area (Å²) in [6.07, 6.45) is 2.01. The number of nitro benzene ring substituents is 1. The summed E-state index contributed by atoms with van der Waals surface area (Å²) < 4.78 is 5.48. The van der Waals surface area contributed by atoms with Gasteiger partial charge in [-0.25, -0.2) is 0 Å². The average Bonchev–Trinajstić information content (AvgIpc) is 3.10. The van der Waals surface area contributed by atoms with Crippen LogP contribution in [0.25, 0.3) is 11.5 Å². The lowest BCUT2D eigenvalue weighted by atomic mass is 10.1. The van der Waals surface area contributed by atoms with Gasteiger partial charge in [0, 0.05) is 22.6 Å². The van der Waals surface area contributed by atoms with Crippen LogP contribution in [-0.4, -0.2) is 27.3 Å². The molecule has 0 bridgehead atoms. The Morgan fingerprint density at radius 3 is 2.69 bits per heavy atom. The van der Waals surface area contributed by atoms with Crippen molar-refractivity contribution in [2.75, 3.05) is 11.6 Å². The Morgan fingerprint density at radius 1 is 1.23 bits per heavy atom. The Labute approximate surface area is 152 Å². The van der Waals surface area contributed by atoms with E-state index in [1.165, 1.54) is 24.3 Å². The Bertz CT molecular complexity index is 940. The summed E-state index contributed by atoms with van der Waals surface area (Å²) in [4.78, 5) is 23.3. The van der Waals surface area contributed by atoms with Gasteiger partial charge in [0.1, 0.15) is 0 Å². The van der Waals surface area contributed by atoms with E-state index in [2.05, 4.69) is 15.5 Å². The van der Waals surface area contributed by atoms with E-state index in [-0.39, 0.29) is 24.0 Å². The molecule has 0 radical (unpaired) electrons. The molecule has 0 saturated carbocycles. The van der Waals surface area contributed by atoms with Gasteiger partial charge in [-0.15, -0.1) is 16.9 Å². The molecule has 0 atom stereocenters. The minimum Gasteiger partial charge on any atom is -0.403 e. The summed E-state index contributed by atoms with van der Waals surface area (Å²) in [5.74, 6) is -0.0431. The predicted molar refractivity (Wildman–Crippen MR) is 96.9 cm³/mol. The molecule has 8 nitrogen and oxygen atoms in total. The molecule has 0 aliphatic rings. The summed E-state index contributed by atoms with van der Waals surface area (Å²) in [5.41, 5.74) is 1.38. The smallest absolute Gasteiger partial charge is 0.322 e. The number of carbonyl (C=O) groups is 1. The van der Waals surface area contributed by atoms with Crippen LogP contribution in [0.5, 0.6) is 0 Å². The van der Waals surface area contributed by atoms with Crippen molar-refractivity contribution in [3.05, 3.63) is 64.2 Å². The molecule has 2 aromatic carbocycles. The first-order chi connectivity index (χ1) is 12.5. The fourth-order valence-corrected chi connectivity index (χ4v) is 2.69. The molecule has 1 heterocycles. The van der Waals surface area contributed by atoms with Gasteiger partial charge in [-0.2, -0.15) is 0 Å². The van der Waals surface area contributed by atoms with Crippen molar-refractivity contribution in [1.82, 2.24) is 10.2 Å². The number of non-ortho nitro benzene ring substituents is 1. The molecule has 1 N–H and O–H groups in total. The van der Waals surface area contributed by atoms with Gasteiger partial charge in [0.15, 0.2) is 0 Å². The van der Waals surface area contributed by atoms with Crippen LogP contribution in [-0.2, 0) is 11.2 Å². The second-order valence-corrected chi connectivity index (χ2v) is 6.17. The van der Waals surface area contributed by atoms with E-state index in [1.54, 1.807) is 11.8 Å². The van der Waals surface area contributed by atoms with Crippen LogP contribution in [0.2, 0.25) is 0 Å². The highest BCUT2D eigenvalue weighted by Gasteiger charge is 2.13. The molecule has 0 unspecified atom stereocenters. The SMILES string of the molecule is CSc1cccc(-c2nnc(NC(=O)Cc3ccc([N+](=O)[O-])cc3)o2)c1. The van der Waals surface area contributed by atoms with Crippen molar-refractivity contribution in [2.24, 2.45) is 0 Å². The third kappa shape index (κ3) is 4.25. The van der Waals surface area contributed by atoms with E-state index in [4.69, 9.17) is 4.42 Å². The fourth-order valence-electron chi connectivity index (χ4n) is 2.23. The van der Waals surface area contributed by atoms with Crippen LogP contribution in [0.3, 0.4) is 0 Å². The lowest BCUT2D eigenvalue weighted by Crippen LogP contribution is -2.14. The van der Waals surface area contributed by atoms with Gasteiger partial charge in [-0.05, 0) is 30.0 Å². The van der Waals surface area contributed by atoms with Gasteiger partial charge in [0.25, 0.3) is 5.69 Å². The van der Waals surface area contributed by atoms with Crippen LogP contribution >= 0.6 is 11.8 Å². The number of amides is 1. The van der Waals surface area contributed by atoms with Gasteiger partial charge >= 0.3 is 6.01 Å². The number of nitro groups is 1. The van der Waals surface area contributed by atoms with E-state index < -0.39 is 4.92 Å². The average molecular weight is 370 g/mol. The lowest BCUT2D eigenvalue weighted by Gasteiger charge is -2.01. The van der Waals surface area contributed by atoms with Gasteiger partial charge < -0.3 is 4.42 Å². The van der Waals surface area contributed by atoms with Crippen molar-refractivity contribution in [2.45, 2.75) is 11.3 Å². The van der Waals surface area contributed by atoms with Gasteiger partial charge in [0.05, 0.1) is 11.3 Å². The van der Waals surface area contributed by atoms with E-state index in [0.29, 0.717) is 11.5 Å². The standard InChI is InChI=1S/C17H14N4O4S/c1-26-14-4-2-3-12(10-14)16-19-20-17(25-16)18-15(22)9-11-5-7-13(8-6-11)21(23)24/h2-8,10H,9H2,1H3,(H,18,20,22). The van der Waals surface area contributed by atoms with E-state index in [9.17, 15) is 14.9 Å². The molecule has 0 spiro atoms. The second-order valence-electron chi connectivity index (χ2n) is 5.29. The van der Waals surface area contributed by atoms with E-state index in [0.717, 1.165) is 10.5 Å². The quantitative estimate of drug-likeness (QED) is 0.401. The zero-order valence-corrected chi connectivity index (χ0v) is 14.5. The van der Waals surface area contributed by atoms with Crippen molar-refractivity contribution < 1.29 is 14.1 Å². The fraction of sp³-hybridized carbons (Fsp3) is 0.118. The number of anilines is 1. The number of rotatable bonds is 6. The van der Waals surface area contributed by atoms with Crippen molar-refractivity contribution >= 4 is 29.4 Å². The Morgan fingerprint density at radius 2 is 2.00 bits per heavy atom. The molecule has 3 aromatic rings. The molecule has 0 saturated heterocycles. The van der Waals surface area contributed by atoms with Crippen LogP contribution in [0.15, 0.2) is 57.8 Å². The van der Waals surface area contributed by atoms with Crippen LogP contribution in [0.4, 0.5) is 11.7 Å². The van der Waals surface area contributed by atoms with Gasteiger partial charge in [-0.3, -0.25) is 20.2 Å². The monoisotopic (exact) mass is 370 g/mol. The third-order valence-electron chi connectivity index (χ3n) is 3.50. The van der Waals surface area contributed by atoms with Gasteiger partial charge in [-0.1, -0.05) is 23.3 Å². The van der Waals surface area contributed by atoms with Crippen LogP contribution in [0.1, 0.15) is 5.56 Å². The summed E-state index contributed by atoms with van der Waals surface area (Å²) in [6.45, 7) is 0. The zero-order chi connectivity index (χ0) is 18.5. The number of nitrogens with zero attached hydrogens (tertiary/aromatic N) is 3.